The number of benzene rings is 4. The third-order valence-electron chi connectivity index (χ3n) is 11.5. The fourth-order valence-electron chi connectivity index (χ4n) is 10.4. The highest BCUT2D eigenvalue weighted by atomic mass is 16.1. The van der Waals surface area contributed by atoms with Crippen molar-refractivity contribution >= 4 is 16.6 Å². The molecule has 0 radical (unpaired) electrons. The van der Waals surface area contributed by atoms with E-state index in [0.29, 0.717) is 5.78 Å². The Kier molecular flexibility index (Phi) is 3.30. The highest BCUT2D eigenvalue weighted by Gasteiger charge is 2.54. The van der Waals surface area contributed by atoms with E-state index in [1.165, 1.54) is 99.8 Å². The smallest absolute Gasteiger partial charge is 0.156 e. The summed E-state index contributed by atoms with van der Waals surface area (Å²) in [6, 6.07) is 18.1. The van der Waals surface area contributed by atoms with Gasteiger partial charge in [0.05, 0.1) is 11.8 Å². The Morgan fingerprint density at radius 3 is 1.55 bits per heavy atom. The van der Waals surface area contributed by atoms with E-state index in [4.69, 9.17) is 0 Å². The summed E-state index contributed by atoms with van der Waals surface area (Å²) in [6.07, 6.45) is 11.1. The van der Waals surface area contributed by atoms with Gasteiger partial charge in [0, 0.05) is 11.8 Å². The molecule has 0 saturated heterocycles. The minimum atomic E-state index is -0.158. The van der Waals surface area contributed by atoms with Crippen LogP contribution >= 0.6 is 0 Å². The first-order valence-electron chi connectivity index (χ1n) is 14.8. The first kappa shape index (κ1) is 20.6. The minimum absolute atomic E-state index is 0.158. The number of rotatable bonds is 0. The summed E-state index contributed by atoms with van der Waals surface area (Å²) in [7, 11) is 0. The Labute approximate surface area is 233 Å². The van der Waals surface area contributed by atoms with Crippen LogP contribution in [0.2, 0.25) is 0 Å². The van der Waals surface area contributed by atoms with Crippen LogP contribution < -0.4 is 0 Å². The predicted octanol–water partition coefficient (Wildman–Crippen LogP) is 8.97. The second-order valence-corrected chi connectivity index (χ2v) is 12.9. The van der Waals surface area contributed by atoms with Crippen LogP contribution in [0.25, 0.3) is 33.0 Å². The van der Waals surface area contributed by atoms with Crippen molar-refractivity contribution in [2.45, 2.75) is 50.4 Å². The van der Waals surface area contributed by atoms with Gasteiger partial charge in [0.25, 0.3) is 0 Å². The zero-order valence-corrected chi connectivity index (χ0v) is 22.6. The second kappa shape index (κ2) is 6.39. The van der Waals surface area contributed by atoms with Gasteiger partial charge in [-0.15, -0.1) is 0 Å². The molecule has 188 valence electrons. The number of carbonyl (C=O) groups is 1. The summed E-state index contributed by atoms with van der Waals surface area (Å²) < 4.78 is 0. The van der Waals surface area contributed by atoms with Gasteiger partial charge in [0.15, 0.2) is 5.78 Å². The zero-order chi connectivity index (χ0) is 26.2. The summed E-state index contributed by atoms with van der Waals surface area (Å²) in [6.45, 7) is 4.74. The van der Waals surface area contributed by atoms with Crippen molar-refractivity contribution in [3.05, 3.63) is 140 Å². The molecule has 0 bridgehead atoms. The van der Waals surface area contributed by atoms with Gasteiger partial charge < -0.3 is 0 Å². The number of allylic oxidation sites excluding steroid dienone is 8. The molecule has 7 aliphatic rings. The highest BCUT2D eigenvalue weighted by molar-refractivity contribution is 6.17. The van der Waals surface area contributed by atoms with Crippen LogP contribution in [-0.2, 0) is 4.79 Å². The maximum absolute atomic E-state index is 15.1. The summed E-state index contributed by atoms with van der Waals surface area (Å²) in [5.74, 6) is 0.637. The minimum Gasteiger partial charge on any atom is -0.298 e. The number of carbonyl (C=O) groups excluding carboxylic acids is 1. The van der Waals surface area contributed by atoms with E-state index in [0.717, 1.165) is 12.8 Å². The van der Waals surface area contributed by atoms with Gasteiger partial charge in [-0.1, -0.05) is 84.0 Å². The van der Waals surface area contributed by atoms with E-state index >= 15 is 4.79 Å². The number of hydrogen-bond donors (Lipinski definition) is 0. The average Bonchev–Trinajstić information content (AvgIpc) is 3.75. The molecule has 4 atom stereocenters. The molecular weight excluding hydrogens is 484 g/mol. The van der Waals surface area contributed by atoms with Gasteiger partial charge >= 0.3 is 0 Å². The van der Waals surface area contributed by atoms with Crippen molar-refractivity contribution in [1.29, 1.82) is 0 Å². The number of hydrogen-bond acceptors (Lipinski definition) is 1. The summed E-state index contributed by atoms with van der Waals surface area (Å²) in [4.78, 5) is 15.1. The van der Waals surface area contributed by atoms with E-state index in [9.17, 15) is 0 Å². The normalized spacial score (nSPS) is 26.2. The number of ketones is 1. The van der Waals surface area contributed by atoms with E-state index in [1.54, 1.807) is 0 Å². The molecule has 4 unspecified atom stereocenters. The Bertz CT molecular complexity index is 2010. The Morgan fingerprint density at radius 2 is 1.05 bits per heavy atom. The lowest BCUT2D eigenvalue weighted by molar-refractivity contribution is -0.120. The molecule has 0 amide bonds. The van der Waals surface area contributed by atoms with Gasteiger partial charge in [-0.3, -0.25) is 4.79 Å². The van der Waals surface area contributed by atoms with E-state index in [-0.39, 0.29) is 23.7 Å². The van der Waals surface area contributed by atoms with Gasteiger partial charge in [-0.05, 0) is 115 Å². The van der Waals surface area contributed by atoms with Crippen molar-refractivity contribution in [3.8, 4) is 22.3 Å². The number of aryl methyl sites for hydroxylation is 2. The van der Waals surface area contributed by atoms with Crippen molar-refractivity contribution in [3.63, 3.8) is 0 Å². The zero-order valence-electron chi connectivity index (χ0n) is 22.6. The Hall–Kier alpha value is -4.23. The van der Waals surface area contributed by atoms with Crippen molar-refractivity contribution in [2.24, 2.45) is 0 Å². The monoisotopic (exact) mass is 510 g/mol. The molecule has 11 rings (SSSR count). The van der Waals surface area contributed by atoms with E-state index in [2.05, 4.69) is 86.7 Å². The largest absolute Gasteiger partial charge is 0.298 e. The molecule has 0 spiro atoms. The Morgan fingerprint density at radius 1 is 0.575 bits per heavy atom. The maximum atomic E-state index is 15.1. The summed E-state index contributed by atoms with van der Waals surface area (Å²) in [5, 5.41) is 2.84. The van der Waals surface area contributed by atoms with Crippen LogP contribution in [0.1, 0.15) is 81.0 Å². The molecule has 40 heavy (non-hydrogen) atoms. The molecule has 0 N–H and O–H groups in total. The standard InChI is InChI=1S/C39H26O/c1-17-27-18(2)29-20-10-4-6-12-22(20)31-24-14-8-16-26(24)33-38(36(29)31)34(27)37-32(39(33)40)25-15-7-13-23(25)30-21-11-5-3-9-19(21)28(17)35(30)37/h3-12,15-16,30-33H,13-14H2,1-2H3. The van der Waals surface area contributed by atoms with Crippen LogP contribution in [0.4, 0.5) is 0 Å². The first-order valence-corrected chi connectivity index (χ1v) is 14.8. The number of Topliss-reactive ketones (excluding diaryl/α,β-unsaturated/α-hetero) is 1. The van der Waals surface area contributed by atoms with Gasteiger partial charge in [0.1, 0.15) is 0 Å². The fourth-order valence-corrected chi connectivity index (χ4v) is 10.4. The number of fused-ring (bicyclic) bond motifs is 10. The molecular formula is C39H26O. The van der Waals surface area contributed by atoms with E-state index in [1.807, 2.05) is 0 Å². The van der Waals surface area contributed by atoms with Gasteiger partial charge in [0.2, 0.25) is 0 Å². The molecule has 0 aliphatic heterocycles. The fraction of sp³-hybridized carbons (Fsp3) is 0.205. The molecule has 4 aromatic rings. The lowest BCUT2D eigenvalue weighted by Crippen LogP contribution is -2.34. The predicted molar refractivity (Wildman–Crippen MR) is 160 cm³/mol. The quantitative estimate of drug-likeness (QED) is 0.231. The van der Waals surface area contributed by atoms with Crippen LogP contribution in [0.3, 0.4) is 0 Å². The average molecular weight is 511 g/mol. The SMILES string of the molecule is Cc1c2c3c4c5c6c7c(c(C)c15)-c1ccccc1C7C1=C(C=CC1)C6C(=O)C4C1=C(CC=C1)C3c1ccccc1-2. The maximum Gasteiger partial charge on any atom is 0.156 e. The molecule has 0 aromatic heterocycles. The third-order valence-corrected chi connectivity index (χ3v) is 11.5. The first-order chi connectivity index (χ1) is 19.7. The van der Waals surface area contributed by atoms with E-state index < -0.39 is 0 Å². The molecule has 4 aromatic carbocycles. The Balaban J connectivity index is 1.43. The molecule has 1 nitrogen and oxygen atoms in total. The van der Waals surface area contributed by atoms with Crippen molar-refractivity contribution < 1.29 is 4.79 Å². The molecule has 0 heterocycles. The van der Waals surface area contributed by atoms with Gasteiger partial charge in [-0.2, -0.15) is 0 Å². The van der Waals surface area contributed by atoms with Crippen molar-refractivity contribution in [2.75, 3.05) is 0 Å². The van der Waals surface area contributed by atoms with Crippen LogP contribution in [0.5, 0.6) is 0 Å². The third kappa shape index (κ3) is 1.91. The lowest BCUT2D eigenvalue weighted by atomic mass is 9.58. The lowest BCUT2D eigenvalue weighted by Gasteiger charge is -2.43. The summed E-state index contributed by atoms with van der Waals surface area (Å²) in [5.41, 5.74) is 22.4. The van der Waals surface area contributed by atoms with Crippen molar-refractivity contribution in [1.82, 2.24) is 0 Å². The van der Waals surface area contributed by atoms with Crippen LogP contribution in [0, 0.1) is 13.8 Å². The van der Waals surface area contributed by atoms with Crippen LogP contribution in [0.15, 0.2) is 95.1 Å². The molecule has 0 fully saturated rings. The molecule has 7 aliphatic carbocycles. The summed E-state index contributed by atoms with van der Waals surface area (Å²) >= 11 is 0. The van der Waals surface area contributed by atoms with Crippen LogP contribution in [-0.4, -0.2) is 5.78 Å². The molecule has 0 saturated carbocycles. The topological polar surface area (TPSA) is 17.1 Å². The second-order valence-electron chi connectivity index (χ2n) is 12.9. The molecule has 1 heteroatoms. The highest BCUT2D eigenvalue weighted by Crippen LogP contribution is 2.68. The van der Waals surface area contributed by atoms with Gasteiger partial charge in [-0.25, -0.2) is 0 Å².